The second-order valence-corrected chi connectivity index (χ2v) is 5.85. The fourth-order valence-corrected chi connectivity index (χ4v) is 3.62. The Balaban J connectivity index is 2.04. The van der Waals surface area contributed by atoms with Crippen LogP contribution in [0.4, 0.5) is 0 Å². The number of hydrogen-bond donors (Lipinski definition) is 1. The summed E-state index contributed by atoms with van der Waals surface area (Å²) < 4.78 is 0. The summed E-state index contributed by atoms with van der Waals surface area (Å²) in [6.45, 7) is 3.00. The van der Waals surface area contributed by atoms with Crippen LogP contribution in [0.1, 0.15) is 18.4 Å². The van der Waals surface area contributed by atoms with Gasteiger partial charge < -0.3 is 10.0 Å². The summed E-state index contributed by atoms with van der Waals surface area (Å²) in [7, 11) is 0. The number of benzene rings is 1. The van der Waals surface area contributed by atoms with Gasteiger partial charge in [-0.05, 0) is 25.5 Å². The molecule has 1 aromatic carbocycles. The smallest absolute Gasteiger partial charge is 0.0964 e. The van der Waals surface area contributed by atoms with Crippen molar-refractivity contribution in [3.05, 3.63) is 33.8 Å². The van der Waals surface area contributed by atoms with E-state index in [2.05, 4.69) is 4.90 Å². The van der Waals surface area contributed by atoms with E-state index < -0.39 is 5.60 Å². The summed E-state index contributed by atoms with van der Waals surface area (Å²) in [5, 5.41) is 12.0. The Hall–Kier alpha value is -0.280. The van der Waals surface area contributed by atoms with E-state index >= 15 is 0 Å². The van der Waals surface area contributed by atoms with E-state index in [0.29, 0.717) is 10.0 Å². The van der Waals surface area contributed by atoms with Crippen molar-refractivity contribution in [2.24, 2.45) is 5.92 Å². The molecule has 2 aliphatic heterocycles. The molecule has 0 radical (unpaired) electrons. The molecule has 0 spiro atoms. The van der Waals surface area contributed by atoms with E-state index in [9.17, 15) is 5.11 Å². The van der Waals surface area contributed by atoms with Crippen molar-refractivity contribution in [2.45, 2.75) is 18.4 Å². The maximum absolute atomic E-state index is 11.0. The Morgan fingerprint density at radius 1 is 1.29 bits per heavy atom. The summed E-state index contributed by atoms with van der Waals surface area (Å²) in [5.74, 6) is 0.284. The number of nitrogens with zero attached hydrogens (tertiary/aromatic N) is 1. The van der Waals surface area contributed by atoms with Gasteiger partial charge in [0.05, 0.1) is 15.6 Å². The Morgan fingerprint density at radius 3 is 2.94 bits per heavy atom. The lowest BCUT2D eigenvalue weighted by Gasteiger charge is -2.39. The molecule has 4 heteroatoms. The van der Waals surface area contributed by atoms with Gasteiger partial charge in [-0.2, -0.15) is 0 Å². The molecule has 2 bridgehead atoms. The van der Waals surface area contributed by atoms with Crippen molar-refractivity contribution in [3.63, 3.8) is 0 Å². The zero-order valence-electron chi connectivity index (χ0n) is 9.50. The van der Waals surface area contributed by atoms with Gasteiger partial charge in [0.25, 0.3) is 0 Å². The van der Waals surface area contributed by atoms with Gasteiger partial charge in [0, 0.05) is 24.6 Å². The standard InChI is InChI=1S/C13H15Cl2NO/c14-11-3-1-2-10(12(11)15)13(17)5-7-16-6-4-9(13)8-16/h1-3,9,17H,4-8H2. The fourth-order valence-electron chi connectivity index (χ4n) is 3.15. The van der Waals surface area contributed by atoms with E-state index in [1.165, 1.54) is 0 Å². The molecule has 2 nitrogen and oxygen atoms in total. The molecule has 3 atom stereocenters. The number of rotatable bonds is 1. The van der Waals surface area contributed by atoms with Gasteiger partial charge in [-0.3, -0.25) is 0 Å². The first-order valence-electron chi connectivity index (χ1n) is 6.00. The molecule has 2 aliphatic rings. The number of aliphatic hydroxyl groups is 1. The zero-order valence-corrected chi connectivity index (χ0v) is 11.0. The zero-order chi connectivity index (χ0) is 12.0. The van der Waals surface area contributed by atoms with Gasteiger partial charge in [0.1, 0.15) is 0 Å². The average Bonchev–Trinajstić information content (AvgIpc) is 2.73. The summed E-state index contributed by atoms with van der Waals surface area (Å²) in [4.78, 5) is 2.40. The molecule has 92 valence electrons. The normalized spacial score (nSPS) is 36.2. The monoisotopic (exact) mass is 271 g/mol. The van der Waals surface area contributed by atoms with Crippen molar-refractivity contribution in [1.82, 2.24) is 4.90 Å². The van der Waals surface area contributed by atoms with Crippen molar-refractivity contribution >= 4 is 23.2 Å². The van der Waals surface area contributed by atoms with Gasteiger partial charge in [-0.25, -0.2) is 0 Å². The van der Waals surface area contributed by atoms with E-state index in [-0.39, 0.29) is 5.92 Å². The third kappa shape index (κ3) is 1.78. The summed E-state index contributed by atoms with van der Waals surface area (Å²) >= 11 is 12.3. The molecule has 0 aliphatic carbocycles. The van der Waals surface area contributed by atoms with Crippen LogP contribution < -0.4 is 0 Å². The predicted molar refractivity (Wildman–Crippen MR) is 69.5 cm³/mol. The summed E-state index contributed by atoms with van der Waals surface area (Å²) in [5.41, 5.74) is 0.00726. The Morgan fingerprint density at radius 2 is 2.12 bits per heavy atom. The first-order valence-corrected chi connectivity index (χ1v) is 6.76. The molecule has 0 amide bonds. The van der Waals surface area contributed by atoms with E-state index in [4.69, 9.17) is 23.2 Å². The van der Waals surface area contributed by atoms with Gasteiger partial charge in [-0.1, -0.05) is 35.3 Å². The summed E-state index contributed by atoms with van der Waals surface area (Å²) in [6, 6.07) is 5.53. The molecule has 3 unspecified atom stereocenters. The van der Waals surface area contributed by atoms with Gasteiger partial charge in [0.15, 0.2) is 0 Å². The van der Waals surface area contributed by atoms with Gasteiger partial charge in [-0.15, -0.1) is 0 Å². The number of fused-ring (bicyclic) bond motifs is 2. The second-order valence-electron chi connectivity index (χ2n) is 5.06. The van der Waals surface area contributed by atoms with E-state index in [1.807, 2.05) is 12.1 Å². The molecule has 17 heavy (non-hydrogen) atoms. The van der Waals surface area contributed by atoms with Crippen molar-refractivity contribution in [1.29, 1.82) is 0 Å². The number of hydrogen-bond acceptors (Lipinski definition) is 2. The number of piperidine rings is 1. The highest BCUT2D eigenvalue weighted by Gasteiger charge is 2.46. The first kappa shape index (κ1) is 11.8. The molecule has 2 fully saturated rings. The molecular formula is C13H15Cl2NO. The first-order chi connectivity index (χ1) is 8.11. The Kier molecular flexibility index (Phi) is 2.86. The van der Waals surface area contributed by atoms with Crippen LogP contribution in [0.3, 0.4) is 0 Å². The largest absolute Gasteiger partial charge is 0.385 e. The topological polar surface area (TPSA) is 23.5 Å². The minimum atomic E-state index is -0.797. The van der Waals surface area contributed by atoms with Crippen LogP contribution in [0.15, 0.2) is 18.2 Å². The van der Waals surface area contributed by atoms with Crippen molar-refractivity contribution in [3.8, 4) is 0 Å². The average molecular weight is 272 g/mol. The molecule has 0 saturated carbocycles. The molecule has 1 aromatic rings. The predicted octanol–water partition coefficient (Wildman–Crippen LogP) is 2.91. The third-order valence-electron chi connectivity index (χ3n) is 4.17. The molecule has 3 rings (SSSR count). The molecular weight excluding hydrogens is 257 g/mol. The second kappa shape index (κ2) is 4.13. The highest BCUT2D eigenvalue weighted by atomic mass is 35.5. The molecule has 2 heterocycles. The lowest BCUT2D eigenvalue weighted by atomic mass is 9.77. The lowest BCUT2D eigenvalue weighted by molar-refractivity contribution is -0.0501. The van der Waals surface area contributed by atoms with Crippen LogP contribution in [0.2, 0.25) is 10.0 Å². The summed E-state index contributed by atoms with van der Waals surface area (Å²) in [6.07, 6.45) is 1.79. The van der Waals surface area contributed by atoms with Crippen LogP contribution in [0, 0.1) is 5.92 Å². The maximum Gasteiger partial charge on any atom is 0.0964 e. The molecule has 2 saturated heterocycles. The Bertz CT molecular complexity index is 451. The Labute approximate surface area is 111 Å². The third-order valence-corrected chi connectivity index (χ3v) is 4.99. The molecule has 0 aromatic heterocycles. The lowest BCUT2D eigenvalue weighted by Crippen LogP contribution is -2.44. The maximum atomic E-state index is 11.0. The minimum absolute atomic E-state index is 0.284. The van der Waals surface area contributed by atoms with Gasteiger partial charge in [0.2, 0.25) is 0 Å². The highest BCUT2D eigenvalue weighted by molar-refractivity contribution is 6.42. The van der Waals surface area contributed by atoms with Crippen LogP contribution in [0.5, 0.6) is 0 Å². The number of halogens is 2. The van der Waals surface area contributed by atoms with Crippen LogP contribution >= 0.6 is 23.2 Å². The van der Waals surface area contributed by atoms with E-state index in [1.54, 1.807) is 6.07 Å². The van der Waals surface area contributed by atoms with Crippen LogP contribution in [-0.2, 0) is 5.60 Å². The van der Waals surface area contributed by atoms with Crippen LogP contribution in [0.25, 0.3) is 0 Å². The highest BCUT2D eigenvalue weighted by Crippen LogP contribution is 2.46. The van der Waals surface area contributed by atoms with E-state index in [0.717, 1.165) is 38.0 Å². The minimum Gasteiger partial charge on any atom is -0.385 e. The van der Waals surface area contributed by atoms with Gasteiger partial charge >= 0.3 is 0 Å². The molecule has 1 N–H and O–H groups in total. The van der Waals surface area contributed by atoms with Crippen molar-refractivity contribution < 1.29 is 5.11 Å². The van der Waals surface area contributed by atoms with Crippen LogP contribution in [-0.4, -0.2) is 29.6 Å². The fraction of sp³-hybridized carbons (Fsp3) is 0.538. The van der Waals surface area contributed by atoms with Crippen molar-refractivity contribution in [2.75, 3.05) is 19.6 Å². The SMILES string of the molecule is OC1(c2cccc(Cl)c2Cl)CCN2CCC1C2. The quantitative estimate of drug-likeness (QED) is 0.849.